The van der Waals surface area contributed by atoms with Crippen LogP contribution in [-0.2, 0) is 6.54 Å². The lowest BCUT2D eigenvalue weighted by atomic mass is 10.1. The molecule has 1 aromatic carbocycles. The Morgan fingerprint density at radius 2 is 2.23 bits per heavy atom. The average molecular weight is 171 g/mol. The van der Waals surface area contributed by atoms with E-state index in [1.807, 2.05) is 24.3 Å². The highest BCUT2D eigenvalue weighted by Gasteiger charge is 2.25. The number of fused-ring (bicyclic) bond motifs is 1. The maximum Gasteiger partial charge on any atom is 0.255 e. The number of amides is 1. The van der Waals surface area contributed by atoms with Crippen molar-refractivity contribution in [1.29, 1.82) is 0 Å². The largest absolute Gasteiger partial charge is 0.323 e. The van der Waals surface area contributed by atoms with Gasteiger partial charge in [0.05, 0.1) is 6.54 Å². The second kappa shape index (κ2) is 2.95. The fourth-order valence-corrected chi connectivity index (χ4v) is 1.55. The number of carbonyl (C=O) groups is 1. The van der Waals surface area contributed by atoms with Crippen molar-refractivity contribution in [2.45, 2.75) is 6.54 Å². The smallest absolute Gasteiger partial charge is 0.255 e. The molecule has 0 spiro atoms. The molecule has 0 saturated carbocycles. The summed E-state index contributed by atoms with van der Waals surface area (Å²) in [7, 11) is 0. The highest BCUT2D eigenvalue weighted by molar-refractivity contribution is 5.98. The van der Waals surface area contributed by atoms with E-state index < -0.39 is 0 Å². The average Bonchev–Trinajstić information content (AvgIpc) is 2.46. The van der Waals surface area contributed by atoms with Crippen LogP contribution in [0.1, 0.15) is 15.9 Å². The molecule has 1 heterocycles. The maximum atomic E-state index is 11.6. The molecule has 0 atom stereocenters. The summed E-state index contributed by atoms with van der Waals surface area (Å²) in [5.74, 6) is 2.53. The molecule has 0 N–H and O–H groups in total. The monoisotopic (exact) mass is 171 g/mol. The molecular weight excluding hydrogens is 162 g/mol. The van der Waals surface area contributed by atoms with Crippen LogP contribution >= 0.6 is 0 Å². The molecule has 0 saturated heterocycles. The number of carbonyl (C=O) groups excluding carboxylic acids is 1. The fourth-order valence-electron chi connectivity index (χ4n) is 1.55. The molecule has 0 unspecified atom stereocenters. The van der Waals surface area contributed by atoms with Gasteiger partial charge in [-0.2, -0.15) is 0 Å². The number of hydrogen-bond donors (Lipinski definition) is 0. The molecule has 2 rings (SSSR count). The minimum absolute atomic E-state index is 0.0496. The summed E-state index contributed by atoms with van der Waals surface area (Å²) in [6.07, 6.45) is 5.16. The number of terminal acetylenes is 1. The van der Waals surface area contributed by atoms with Gasteiger partial charge in [-0.3, -0.25) is 4.79 Å². The molecule has 0 aromatic heterocycles. The van der Waals surface area contributed by atoms with Gasteiger partial charge in [-0.1, -0.05) is 24.1 Å². The summed E-state index contributed by atoms with van der Waals surface area (Å²) in [6, 6.07) is 7.61. The summed E-state index contributed by atoms with van der Waals surface area (Å²) < 4.78 is 0. The highest BCUT2D eigenvalue weighted by atomic mass is 16.2. The van der Waals surface area contributed by atoms with Crippen molar-refractivity contribution >= 4 is 5.91 Å². The lowest BCUT2D eigenvalue weighted by Crippen LogP contribution is -2.23. The molecule has 1 aromatic rings. The predicted molar refractivity (Wildman–Crippen MR) is 50.0 cm³/mol. The highest BCUT2D eigenvalue weighted by Crippen LogP contribution is 2.21. The second-order valence-corrected chi connectivity index (χ2v) is 3.02. The van der Waals surface area contributed by atoms with E-state index in [1.165, 1.54) is 0 Å². The van der Waals surface area contributed by atoms with E-state index in [0.29, 0.717) is 13.1 Å². The third-order valence-electron chi connectivity index (χ3n) is 2.18. The lowest BCUT2D eigenvalue weighted by molar-refractivity contribution is 0.0799. The predicted octanol–water partition coefficient (Wildman–Crippen LogP) is 1.28. The van der Waals surface area contributed by atoms with Gasteiger partial charge in [0.1, 0.15) is 0 Å². The van der Waals surface area contributed by atoms with Crippen molar-refractivity contribution < 1.29 is 4.79 Å². The van der Waals surface area contributed by atoms with E-state index in [9.17, 15) is 4.79 Å². The van der Waals surface area contributed by atoms with E-state index in [1.54, 1.807) is 4.90 Å². The van der Waals surface area contributed by atoms with E-state index in [4.69, 9.17) is 6.42 Å². The van der Waals surface area contributed by atoms with Crippen LogP contribution in [0.2, 0.25) is 0 Å². The Morgan fingerprint density at radius 1 is 1.46 bits per heavy atom. The van der Waals surface area contributed by atoms with Crippen LogP contribution in [0.15, 0.2) is 24.3 Å². The molecule has 0 bridgehead atoms. The zero-order valence-corrected chi connectivity index (χ0v) is 7.16. The standard InChI is InChI=1S/C11H9NO/c1-2-7-12-8-9-5-3-4-6-10(9)11(12)13/h1,3-6H,7-8H2. The Kier molecular flexibility index (Phi) is 1.79. The van der Waals surface area contributed by atoms with Gasteiger partial charge < -0.3 is 4.90 Å². The Bertz CT molecular complexity index is 389. The normalized spacial score (nSPS) is 14.1. The van der Waals surface area contributed by atoms with E-state index in [0.717, 1.165) is 11.1 Å². The second-order valence-electron chi connectivity index (χ2n) is 3.02. The van der Waals surface area contributed by atoms with Gasteiger partial charge in [0, 0.05) is 12.1 Å². The Morgan fingerprint density at radius 3 is 2.92 bits per heavy atom. The Hall–Kier alpha value is -1.75. The van der Waals surface area contributed by atoms with Crippen molar-refractivity contribution in [1.82, 2.24) is 4.90 Å². The van der Waals surface area contributed by atoms with Gasteiger partial charge in [-0.05, 0) is 11.6 Å². The minimum atomic E-state index is 0.0496. The summed E-state index contributed by atoms with van der Waals surface area (Å²) >= 11 is 0. The van der Waals surface area contributed by atoms with Crippen molar-refractivity contribution in [3.63, 3.8) is 0 Å². The molecule has 2 heteroatoms. The van der Waals surface area contributed by atoms with E-state index >= 15 is 0 Å². The molecule has 64 valence electrons. The molecule has 0 aliphatic carbocycles. The van der Waals surface area contributed by atoms with Gasteiger partial charge in [-0.25, -0.2) is 0 Å². The minimum Gasteiger partial charge on any atom is -0.323 e. The van der Waals surface area contributed by atoms with Gasteiger partial charge >= 0.3 is 0 Å². The zero-order chi connectivity index (χ0) is 9.26. The third-order valence-corrected chi connectivity index (χ3v) is 2.18. The van der Waals surface area contributed by atoms with Crippen LogP contribution < -0.4 is 0 Å². The molecular formula is C11H9NO. The first-order valence-electron chi connectivity index (χ1n) is 4.13. The third kappa shape index (κ3) is 1.19. The molecule has 13 heavy (non-hydrogen) atoms. The summed E-state index contributed by atoms with van der Waals surface area (Å²) in [5.41, 5.74) is 1.86. The first-order valence-corrected chi connectivity index (χ1v) is 4.13. The molecule has 1 aliphatic rings. The summed E-state index contributed by atoms with van der Waals surface area (Å²) in [5, 5.41) is 0. The van der Waals surface area contributed by atoms with Gasteiger partial charge in [-0.15, -0.1) is 6.42 Å². The number of hydrogen-bond acceptors (Lipinski definition) is 1. The van der Waals surface area contributed by atoms with Crippen LogP contribution in [0.4, 0.5) is 0 Å². The molecule has 1 amide bonds. The van der Waals surface area contributed by atoms with Crippen LogP contribution in [0.3, 0.4) is 0 Å². The van der Waals surface area contributed by atoms with Crippen molar-refractivity contribution in [2.24, 2.45) is 0 Å². The van der Waals surface area contributed by atoms with Crippen LogP contribution in [0, 0.1) is 12.3 Å². The van der Waals surface area contributed by atoms with Crippen molar-refractivity contribution in [2.75, 3.05) is 6.54 Å². The zero-order valence-electron chi connectivity index (χ0n) is 7.16. The van der Waals surface area contributed by atoms with Crippen LogP contribution in [-0.4, -0.2) is 17.4 Å². The summed E-state index contributed by atoms with van der Waals surface area (Å²) in [6.45, 7) is 1.05. The molecule has 2 nitrogen and oxygen atoms in total. The van der Waals surface area contributed by atoms with Crippen LogP contribution in [0.25, 0.3) is 0 Å². The van der Waals surface area contributed by atoms with E-state index in [-0.39, 0.29) is 5.91 Å². The number of nitrogens with zero attached hydrogens (tertiary/aromatic N) is 1. The Balaban J connectivity index is 2.34. The Labute approximate surface area is 77.2 Å². The topological polar surface area (TPSA) is 20.3 Å². The maximum absolute atomic E-state index is 11.6. The van der Waals surface area contributed by atoms with Crippen molar-refractivity contribution in [3.8, 4) is 12.3 Å². The van der Waals surface area contributed by atoms with Crippen molar-refractivity contribution in [3.05, 3.63) is 35.4 Å². The molecule has 0 radical (unpaired) electrons. The number of rotatable bonds is 1. The first-order chi connectivity index (χ1) is 6.33. The quantitative estimate of drug-likeness (QED) is 0.583. The fraction of sp³-hybridized carbons (Fsp3) is 0.182. The van der Waals surface area contributed by atoms with Gasteiger partial charge in [0.15, 0.2) is 0 Å². The van der Waals surface area contributed by atoms with Gasteiger partial charge in [0.25, 0.3) is 5.91 Å². The molecule has 1 aliphatic heterocycles. The SMILES string of the molecule is C#CCN1Cc2ccccc2C1=O. The van der Waals surface area contributed by atoms with Gasteiger partial charge in [0.2, 0.25) is 0 Å². The first kappa shape index (κ1) is 7.88. The van der Waals surface area contributed by atoms with E-state index in [2.05, 4.69) is 5.92 Å². The lowest BCUT2D eigenvalue weighted by Gasteiger charge is -2.10. The number of benzene rings is 1. The van der Waals surface area contributed by atoms with Crippen LogP contribution in [0.5, 0.6) is 0 Å². The summed E-state index contributed by atoms with van der Waals surface area (Å²) in [4.78, 5) is 13.3. The molecule has 0 fully saturated rings.